The first kappa shape index (κ1) is 27.6. The van der Waals surface area contributed by atoms with Crippen LogP contribution in [0.2, 0.25) is 0 Å². The van der Waals surface area contributed by atoms with Crippen LogP contribution in [-0.2, 0) is 16.1 Å². The largest absolute Gasteiger partial charge is 0.444 e. The van der Waals surface area contributed by atoms with Crippen molar-refractivity contribution in [3.05, 3.63) is 60.2 Å². The number of alkyl halides is 3. The normalized spacial score (nSPS) is 17.3. The second kappa shape index (κ2) is 10.5. The van der Waals surface area contributed by atoms with E-state index in [1.807, 2.05) is 4.90 Å². The molecule has 10 nitrogen and oxygen atoms in total. The van der Waals surface area contributed by atoms with Crippen LogP contribution in [0.4, 0.5) is 23.7 Å². The molecule has 2 saturated heterocycles. The molecule has 0 unspecified atom stereocenters. The van der Waals surface area contributed by atoms with E-state index in [0.717, 1.165) is 0 Å². The molecule has 4 heterocycles. The Kier molecular flexibility index (Phi) is 7.25. The summed E-state index contributed by atoms with van der Waals surface area (Å²) in [5, 5.41) is 6.91. The molecule has 0 saturated carbocycles. The summed E-state index contributed by atoms with van der Waals surface area (Å²) in [5.41, 5.74) is -1.41. The van der Waals surface area contributed by atoms with Gasteiger partial charge in [-0.2, -0.15) is 8.78 Å². The van der Waals surface area contributed by atoms with E-state index in [0.29, 0.717) is 30.0 Å². The smallest absolute Gasteiger partial charge is 0.410 e. The number of para-hydroxylation sites is 1. The lowest BCUT2D eigenvalue weighted by Gasteiger charge is -2.53. The summed E-state index contributed by atoms with van der Waals surface area (Å²) < 4.78 is 51.7. The van der Waals surface area contributed by atoms with Crippen molar-refractivity contribution in [2.45, 2.75) is 51.1 Å². The minimum absolute atomic E-state index is 0.0171. The lowest BCUT2D eigenvalue weighted by Crippen LogP contribution is -2.74. The number of aromatic nitrogens is 3. The molecule has 40 heavy (non-hydrogen) atoms. The molecular weight excluding hydrogens is 529 g/mol. The highest BCUT2D eigenvalue weighted by molar-refractivity contribution is 6.00. The number of hydrogen-bond donors (Lipinski definition) is 0. The van der Waals surface area contributed by atoms with Crippen LogP contribution in [0.1, 0.15) is 38.8 Å². The third-order valence-corrected chi connectivity index (χ3v) is 6.65. The van der Waals surface area contributed by atoms with Crippen molar-refractivity contribution in [2.75, 3.05) is 31.1 Å². The van der Waals surface area contributed by atoms with Crippen molar-refractivity contribution in [3.63, 3.8) is 0 Å². The number of rotatable bonds is 7. The molecule has 2 aliphatic heterocycles. The minimum Gasteiger partial charge on any atom is -0.444 e. The number of ether oxygens (including phenoxy) is 1. The average molecular weight is 559 g/mol. The fraction of sp³-hybridized carbons (Fsp3) is 0.444. The Hall–Kier alpha value is -4.00. The highest BCUT2D eigenvalue weighted by Gasteiger charge is 2.56. The number of anilines is 1. The van der Waals surface area contributed by atoms with Gasteiger partial charge in [0.2, 0.25) is 11.6 Å². The zero-order valence-electron chi connectivity index (χ0n) is 22.3. The molecule has 2 fully saturated rings. The summed E-state index contributed by atoms with van der Waals surface area (Å²) in [4.78, 5) is 34.8. The Balaban J connectivity index is 1.24. The topological polar surface area (TPSA) is 105 Å². The molecule has 2 amide bonds. The molecule has 13 heteroatoms. The Labute approximate surface area is 228 Å². The molecule has 0 N–H and O–H groups in total. The Morgan fingerprint density at radius 3 is 2.40 bits per heavy atom. The maximum absolute atomic E-state index is 15.9. The number of benzene rings is 1. The third-order valence-electron chi connectivity index (χ3n) is 6.65. The van der Waals surface area contributed by atoms with Gasteiger partial charge in [-0.05, 0) is 45.0 Å². The monoisotopic (exact) mass is 558 g/mol. The summed E-state index contributed by atoms with van der Waals surface area (Å²) in [7, 11) is 0. The van der Waals surface area contributed by atoms with Gasteiger partial charge in [-0.3, -0.25) is 14.7 Å². The van der Waals surface area contributed by atoms with Crippen LogP contribution in [0, 0.1) is 0 Å². The number of carbonyl (C=O) groups excluding carboxylic acids is 2. The van der Waals surface area contributed by atoms with E-state index in [1.54, 1.807) is 68.1 Å². The van der Waals surface area contributed by atoms with E-state index in [-0.39, 0.29) is 31.6 Å². The van der Waals surface area contributed by atoms with Crippen molar-refractivity contribution in [2.24, 2.45) is 0 Å². The van der Waals surface area contributed by atoms with Gasteiger partial charge in [-0.1, -0.05) is 18.2 Å². The zero-order valence-corrected chi connectivity index (χ0v) is 22.3. The molecule has 0 radical (unpaired) electrons. The van der Waals surface area contributed by atoms with E-state index in [1.165, 1.54) is 11.1 Å². The fourth-order valence-electron chi connectivity index (χ4n) is 4.53. The van der Waals surface area contributed by atoms with Gasteiger partial charge in [0.15, 0.2) is 0 Å². The van der Waals surface area contributed by atoms with Crippen molar-refractivity contribution in [1.29, 1.82) is 0 Å². The van der Waals surface area contributed by atoms with Gasteiger partial charge in [-0.25, -0.2) is 9.18 Å². The highest BCUT2D eigenvalue weighted by atomic mass is 19.3. The van der Waals surface area contributed by atoms with E-state index in [4.69, 9.17) is 9.15 Å². The average Bonchev–Trinajstić information content (AvgIpc) is 3.35. The third kappa shape index (κ3) is 5.79. The Morgan fingerprint density at radius 2 is 1.82 bits per heavy atom. The molecule has 1 aromatic carbocycles. The van der Waals surface area contributed by atoms with Gasteiger partial charge in [0, 0.05) is 44.1 Å². The molecule has 3 aromatic rings. The number of hydrogen-bond acceptors (Lipinski definition) is 8. The minimum atomic E-state index is -2.89. The second-order valence-corrected chi connectivity index (χ2v) is 10.9. The molecule has 2 aromatic heterocycles. The van der Waals surface area contributed by atoms with Crippen LogP contribution in [0.15, 0.2) is 53.1 Å². The summed E-state index contributed by atoms with van der Waals surface area (Å²) in [6.07, 6.45) is -1.92. The van der Waals surface area contributed by atoms with Crippen molar-refractivity contribution in [3.8, 4) is 11.5 Å². The van der Waals surface area contributed by atoms with Crippen LogP contribution >= 0.6 is 0 Å². The standard InChI is InChI=1S/C27H29F3N6O4/c1-26(2,3)40-25(38)34-13-20(14-34)35-15-27(30,16-35)24(37)36(19-7-5-4-6-8-19)12-18-10-9-17(11-31-18)22-32-33-23(39-22)21(28)29/h4-11,20-21H,12-16H2,1-3H3. The quantitative estimate of drug-likeness (QED) is 0.424. The number of halogens is 3. The van der Waals surface area contributed by atoms with Crippen molar-refractivity contribution >= 4 is 17.7 Å². The van der Waals surface area contributed by atoms with Crippen LogP contribution in [0.25, 0.3) is 11.5 Å². The molecule has 2 aliphatic rings. The summed E-state index contributed by atoms with van der Waals surface area (Å²) in [5.74, 6) is -1.59. The Morgan fingerprint density at radius 1 is 1.12 bits per heavy atom. The SMILES string of the molecule is CC(C)(C)OC(=O)N1CC(N2CC(F)(C(=O)N(Cc3ccc(-c4nnc(C(F)F)o4)cn3)c3ccccc3)C2)C1. The number of nitrogens with zero attached hydrogens (tertiary/aromatic N) is 6. The van der Waals surface area contributed by atoms with Gasteiger partial charge in [0.05, 0.1) is 17.8 Å². The zero-order chi connectivity index (χ0) is 28.7. The summed E-state index contributed by atoms with van der Waals surface area (Å²) in [6.45, 7) is 6.02. The predicted molar refractivity (Wildman–Crippen MR) is 137 cm³/mol. The van der Waals surface area contributed by atoms with Gasteiger partial charge in [-0.15, -0.1) is 10.2 Å². The van der Waals surface area contributed by atoms with Gasteiger partial charge in [0.25, 0.3) is 11.8 Å². The highest BCUT2D eigenvalue weighted by Crippen LogP contribution is 2.34. The Bertz CT molecular complexity index is 1350. The lowest BCUT2D eigenvalue weighted by atomic mass is 9.90. The first-order valence-corrected chi connectivity index (χ1v) is 12.8. The first-order chi connectivity index (χ1) is 18.9. The van der Waals surface area contributed by atoms with Gasteiger partial charge < -0.3 is 19.0 Å². The summed E-state index contributed by atoms with van der Waals surface area (Å²) >= 11 is 0. The van der Waals surface area contributed by atoms with E-state index >= 15 is 4.39 Å². The van der Waals surface area contributed by atoms with Crippen LogP contribution in [0.3, 0.4) is 0 Å². The first-order valence-electron chi connectivity index (χ1n) is 12.8. The van der Waals surface area contributed by atoms with E-state index in [2.05, 4.69) is 15.2 Å². The number of likely N-dealkylation sites (tertiary alicyclic amines) is 2. The van der Waals surface area contributed by atoms with E-state index in [9.17, 15) is 18.4 Å². The molecule has 0 atom stereocenters. The van der Waals surface area contributed by atoms with Crippen LogP contribution < -0.4 is 4.90 Å². The molecule has 5 rings (SSSR count). The van der Waals surface area contributed by atoms with Crippen molar-refractivity contribution in [1.82, 2.24) is 25.0 Å². The molecule has 0 spiro atoms. The van der Waals surface area contributed by atoms with Gasteiger partial charge >= 0.3 is 12.5 Å². The molecule has 0 bridgehead atoms. The molecule has 212 valence electrons. The fourth-order valence-corrected chi connectivity index (χ4v) is 4.53. The molecular formula is C27H29F3N6O4. The lowest BCUT2D eigenvalue weighted by molar-refractivity contribution is -0.150. The number of amides is 2. The second-order valence-electron chi connectivity index (χ2n) is 10.9. The van der Waals surface area contributed by atoms with Gasteiger partial charge in [0.1, 0.15) is 5.60 Å². The summed E-state index contributed by atoms with van der Waals surface area (Å²) in [6, 6.07) is 11.8. The predicted octanol–water partition coefficient (Wildman–Crippen LogP) is 4.25. The maximum atomic E-state index is 15.9. The van der Waals surface area contributed by atoms with E-state index < -0.39 is 35.6 Å². The van der Waals surface area contributed by atoms with Crippen LogP contribution in [-0.4, -0.2) is 80.5 Å². The molecule has 0 aliphatic carbocycles. The van der Waals surface area contributed by atoms with Crippen LogP contribution in [0.5, 0.6) is 0 Å². The number of pyridine rings is 1. The van der Waals surface area contributed by atoms with Crippen molar-refractivity contribution < 1.29 is 31.9 Å². The maximum Gasteiger partial charge on any atom is 0.410 e. The number of carbonyl (C=O) groups is 2.